The van der Waals surface area contributed by atoms with Gasteiger partial charge in [-0.25, -0.2) is 14.1 Å². The molecule has 2 aromatic carbocycles. The summed E-state index contributed by atoms with van der Waals surface area (Å²) in [7, 11) is 1.46. The molecule has 0 atom stereocenters. The second-order valence-corrected chi connectivity index (χ2v) is 6.03. The molecular weight excluding hydrogens is 374 g/mol. The first-order chi connectivity index (χ1) is 13.4. The lowest BCUT2D eigenvalue weighted by molar-refractivity contribution is -0.136. The predicted octanol–water partition coefficient (Wildman–Crippen LogP) is 5.25. The largest absolute Gasteiger partial charge is 0.497 e. The third-order valence-corrected chi connectivity index (χ3v) is 4.29. The minimum atomic E-state index is -4.63. The smallest absolute Gasteiger partial charge is 0.417 e. The number of hydrogen-bond donors (Lipinski definition) is 0. The van der Waals surface area contributed by atoms with Crippen LogP contribution in [0.2, 0.25) is 0 Å². The summed E-state index contributed by atoms with van der Waals surface area (Å²) in [5, 5.41) is 3.75. The molecule has 0 N–H and O–H groups in total. The Bertz CT molecular complexity index is 1170. The van der Waals surface area contributed by atoms with Crippen molar-refractivity contribution >= 4 is 11.0 Å². The molecule has 0 saturated heterocycles. The molecule has 4 aromatic rings. The zero-order valence-electron chi connectivity index (χ0n) is 14.5. The van der Waals surface area contributed by atoms with Gasteiger partial charge in [-0.3, -0.25) is 0 Å². The van der Waals surface area contributed by atoms with Gasteiger partial charge in [0, 0.05) is 5.56 Å². The highest BCUT2D eigenvalue weighted by molar-refractivity contribution is 5.84. The molecule has 0 amide bonds. The maximum absolute atomic E-state index is 14.2. The molecule has 142 valence electrons. The quantitative estimate of drug-likeness (QED) is 0.451. The average Bonchev–Trinajstić information content (AvgIpc) is 3.10. The first kappa shape index (κ1) is 18.0. The van der Waals surface area contributed by atoms with E-state index in [1.54, 1.807) is 30.3 Å². The van der Waals surface area contributed by atoms with Gasteiger partial charge in [0.05, 0.1) is 30.0 Å². The summed E-state index contributed by atoms with van der Waals surface area (Å²) >= 11 is 0. The third-order valence-electron chi connectivity index (χ3n) is 4.29. The molecule has 0 aliphatic rings. The van der Waals surface area contributed by atoms with Crippen molar-refractivity contribution in [3.8, 4) is 22.7 Å². The van der Waals surface area contributed by atoms with Crippen molar-refractivity contribution in [2.24, 2.45) is 0 Å². The number of rotatable bonds is 3. The maximum atomic E-state index is 14.2. The van der Waals surface area contributed by atoms with Crippen LogP contribution in [-0.2, 0) is 6.18 Å². The topological polar surface area (TPSA) is 39.9 Å². The van der Waals surface area contributed by atoms with Crippen molar-refractivity contribution in [2.45, 2.75) is 6.18 Å². The fraction of sp³-hybridized carbons (Fsp3) is 0.100. The summed E-state index contributed by atoms with van der Waals surface area (Å²) < 4.78 is 61.5. The summed E-state index contributed by atoms with van der Waals surface area (Å²) in [5.74, 6) is -0.134. The number of alkyl halides is 3. The van der Waals surface area contributed by atoms with E-state index in [-0.39, 0.29) is 22.4 Å². The monoisotopic (exact) mass is 387 g/mol. The lowest BCUT2D eigenvalue weighted by atomic mass is 10.1. The first-order valence-corrected chi connectivity index (χ1v) is 8.24. The average molecular weight is 387 g/mol. The van der Waals surface area contributed by atoms with Crippen LogP contribution in [-0.4, -0.2) is 21.9 Å². The number of para-hydroxylation sites is 1. The highest BCUT2D eigenvalue weighted by Gasteiger charge is 2.35. The molecule has 0 spiro atoms. The number of pyridine rings is 1. The number of ether oxygens (including phenoxy) is 1. The van der Waals surface area contributed by atoms with Gasteiger partial charge in [-0.1, -0.05) is 24.3 Å². The van der Waals surface area contributed by atoms with Gasteiger partial charge in [0.15, 0.2) is 5.65 Å². The fourth-order valence-corrected chi connectivity index (χ4v) is 2.97. The molecule has 0 unspecified atom stereocenters. The zero-order chi connectivity index (χ0) is 19.9. The van der Waals surface area contributed by atoms with Crippen molar-refractivity contribution in [3.05, 3.63) is 72.2 Å². The summed E-state index contributed by atoms with van der Waals surface area (Å²) in [6.45, 7) is 0. The van der Waals surface area contributed by atoms with Gasteiger partial charge in [0.25, 0.3) is 0 Å². The lowest BCUT2D eigenvalue weighted by Gasteiger charge is -2.12. The van der Waals surface area contributed by atoms with Crippen molar-refractivity contribution in [3.63, 3.8) is 0 Å². The highest BCUT2D eigenvalue weighted by Crippen LogP contribution is 2.37. The molecule has 4 rings (SSSR count). The van der Waals surface area contributed by atoms with Crippen LogP contribution >= 0.6 is 0 Å². The number of methoxy groups -OCH3 is 1. The Morgan fingerprint density at radius 3 is 2.50 bits per heavy atom. The van der Waals surface area contributed by atoms with E-state index in [9.17, 15) is 17.6 Å². The molecule has 0 saturated carbocycles. The maximum Gasteiger partial charge on any atom is 0.417 e. The van der Waals surface area contributed by atoms with Gasteiger partial charge in [-0.15, -0.1) is 0 Å². The molecule has 4 nitrogen and oxygen atoms in total. The van der Waals surface area contributed by atoms with Crippen LogP contribution in [0.15, 0.2) is 60.8 Å². The van der Waals surface area contributed by atoms with Crippen molar-refractivity contribution in [1.29, 1.82) is 0 Å². The van der Waals surface area contributed by atoms with Crippen molar-refractivity contribution in [2.75, 3.05) is 7.11 Å². The van der Waals surface area contributed by atoms with E-state index >= 15 is 0 Å². The molecule has 0 radical (unpaired) electrons. The molecular formula is C20H13F4N3O. The molecule has 2 aromatic heterocycles. The fourth-order valence-electron chi connectivity index (χ4n) is 2.97. The molecule has 0 fully saturated rings. The highest BCUT2D eigenvalue weighted by atomic mass is 19.4. The van der Waals surface area contributed by atoms with Crippen LogP contribution in [0.5, 0.6) is 5.75 Å². The van der Waals surface area contributed by atoms with Gasteiger partial charge in [0.2, 0.25) is 0 Å². The van der Waals surface area contributed by atoms with Crippen molar-refractivity contribution < 1.29 is 22.3 Å². The molecule has 8 heteroatoms. The SMILES string of the molecule is COc1cccc(-c2cc(C(F)(F)F)c3cnn(-c4ccccc4F)c3n2)c1. The van der Waals surface area contributed by atoms with Crippen LogP contribution in [0.4, 0.5) is 17.6 Å². The number of benzene rings is 2. The molecule has 28 heavy (non-hydrogen) atoms. The van der Waals surface area contributed by atoms with Crippen LogP contribution in [0.25, 0.3) is 28.0 Å². The Kier molecular flexibility index (Phi) is 4.26. The van der Waals surface area contributed by atoms with Gasteiger partial charge >= 0.3 is 6.18 Å². The minimum Gasteiger partial charge on any atom is -0.497 e. The Hall–Kier alpha value is -3.42. The van der Waals surface area contributed by atoms with E-state index in [1.807, 2.05) is 0 Å². The Balaban J connectivity index is 2.02. The number of fused-ring (bicyclic) bond motifs is 1. The molecule has 0 aliphatic carbocycles. The summed E-state index contributed by atoms with van der Waals surface area (Å²) in [4.78, 5) is 4.35. The normalized spacial score (nSPS) is 11.8. The van der Waals surface area contributed by atoms with E-state index in [0.717, 1.165) is 16.9 Å². The summed E-state index contributed by atoms with van der Waals surface area (Å²) in [5.41, 5.74) is -0.443. The van der Waals surface area contributed by atoms with Gasteiger partial charge in [0.1, 0.15) is 17.3 Å². The second kappa shape index (κ2) is 6.63. The Labute approximate surface area is 157 Å². The van der Waals surface area contributed by atoms with Gasteiger partial charge in [-0.2, -0.15) is 18.3 Å². The number of hydrogen-bond acceptors (Lipinski definition) is 3. The Morgan fingerprint density at radius 1 is 1.00 bits per heavy atom. The van der Waals surface area contributed by atoms with Crippen LogP contribution in [0.1, 0.15) is 5.56 Å². The van der Waals surface area contributed by atoms with Gasteiger partial charge < -0.3 is 4.74 Å². The van der Waals surface area contributed by atoms with Crippen LogP contribution in [0.3, 0.4) is 0 Å². The van der Waals surface area contributed by atoms with E-state index in [4.69, 9.17) is 4.74 Å². The summed E-state index contributed by atoms with van der Waals surface area (Å²) in [6, 6.07) is 13.2. The molecule has 0 aliphatic heterocycles. The van der Waals surface area contributed by atoms with Crippen LogP contribution in [0, 0.1) is 5.82 Å². The third kappa shape index (κ3) is 3.06. The molecule has 2 heterocycles. The first-order valence-electron chi connectivity index (χ1n) is 8.24. The number of aromatic nitrogens is 3. The van der Waals surface area contributed by atoms with Crippen LogP contribution < -0.4 is 4.74 Å². The van der Waals surface area contributed by atoms with Crippen molar-refractivity contribution in [1.82, 2.24) is 14.8 Å². The van der Waals surface area contributed by atoms with E-state index in [2.05, 4.69) is 10.1 Å². The standard InChI is InChI=1S/C20H13F4N3O/c1-28-13-6-4-5-12(9-13)17-10-15(20(22,23)24)14-11-25-27(19(14)26-17)18-8-3-2-7-16(18)21/h2-11H,1H3. The minimum absolute atomic E-state index is 0.0147. The predicted molar refractivity (Wildman–Crippen MR) is 95.8 cm³/mol. The second-order valence-electron chi connectivity index (χ2n) is 6.03. The summed E-state index contributed by atoms with van der Waals surface area (Å²) in [6.07, 6.45) is -3.58. The van der Waals surface area contributed by atoms with E-state index in [0.29, 0.717) is 11.3 Å². The van der Waals surface area contributed by atoms with E-state index < -0.39 is 17.6 Å². The van der Waals surface area contributed by atoms with E-state index in [1.165, 1.54) is 25.3 Å². The van der Waals surface area contributed by atoms with Gasteiger partial charge in [-0.05, 0) is 30.3 Å². The number of halogens is 4. The molecule has 0 bridgehead atoms. The zero-order valence-corrected chi connectivity index (χ0v) is 14.5. The number of nitrogens with zero attached hydrogens (tertiary/aromatic N) is 3. The Morgan fingerprint density at radius 2 is 1.79 bits per heavy atom. The lowest BCUT2D eigenvalue weighted by Crippen LogP contribution is -2.08.